The summed E-state index contributed by atoms with van der Waals surface area (Å²) in [7, 11) is 0. The van der Waals surface area contributed by atoms with Crippen molar-refractivity contribution in [1.29, 1.82) is 0 Å². The number of rotatable bonds is 12. The van der Waals surface area contributed by atoms with Crippen LogP contribution in [0.2, 0.25) is 0 Å². The van der Waals surface area contributed by atoms with Crippen LogP contribution in [0, 0.1) is 38.7 Å². The fraction of sp³-hybridized carbons (Fsp3) is 0.724. The molecule has 0 aliphatic heterocycles. The Morgan fingerprint density at radius 1 is 1.07 bits per heavy atom. The first-order chi connectivity index (χ1) is 20.4. The first-order valence-corrected chi connectivity index (χ1v) is 14.5. The van der Waals surface area contributed by atoms with Crippen LogP contribution in [0.1, 0.15) is 52.9 Å². The van der Waals surface area contributed by atoms with Gasteiger partial charge in [0.05, 0.1) is 25.9 Å². The molecule has 3 saturated carbocycles. The molecule has 0 saturated heterocycles. The number of aliphatic hydroxyl groups is 1. The lowest BCUT2D eigenvalue weighted by atomic mass is 9.46. The highest BCUT2D eigenvalue weighted by Gasteiger charge is 2.70. The number of allylic oxidation sites excluding steroid dienone is 4. The zero-order valence-electron chi connectivity index (χ0n) is 24.6. The van der Waals surface area contributed by atoms with Crippen molar-refractivity contribution in [3.8, 4) is 0 Å². The van der Waals surface area contributed by atoms with Crippen LogP contribution in [0.4, 0.5) is 9.59 Å². The Balaban J connectivity index is 1.47. The first-order valence-electron chi connectivity index (χ1n) is 14.5. The fourth-order valence-corrected chi connectivity index (χ4v) is 8.03. The second-order valence-electron chi connectivity index (χ2n) is 11.8. The SMILES string of the molecule is CCOC(=O)O[C@]1(C(=O)COC(=O)OCCOCCO[N+](=O)[O-])CCC2C3CCC4=CC(=O)C=CC4(C)C3[C@@H](O)C[C@@]21C. The van der Waals surface area contributed by atoms with Crippen LogP contribution in [0.3, 0.4) is 0 Å². The molecule has 4 unspecified atom stereocenters. The summed E-state index contributed by atoms with van der Waals surface area (Å²) in [5, 5.41) is 20.8. The number of carbonyl (C=O) groups excluding carboxylic acids is 4. The predicted molar refractivity (Wildman–Crippen MR) is 145 cm³/mol. The molecule has 0 aromatic heterocycles. The number of ether oxygens (including phenoxy) is 5. The summed E-state index contributed by atoms with van der Waals surface area (Å²) in [6.07, 6.45) is 4.29. The Hall–Kier alpha value is -3.52. The topological polar surface area (TPSA) is 187 Å². The van der Waals surface area contributed by atoms with Crippen molar-refractivity contribution in [3.05, 3.63) is 33.9 Å². The number of fused-ring (bicyclic) bond motifs is 5. The number of hydrogen-bond donors (Lipinski definition) is 1. The third-order valence-corrected chi connectivity index (χ3v) is 9.78. The summed E-state index contributed by atoms with van der Waals surface area (Å²) in [6.45, 7) is 4.08. The smallest absolute Gasteiger partial charge is 0.435 e. The Morgan fingerprint density at radius 2 is 1.81 bits per heavy atom. The average molecular weight is 610 g/mol. The van der Waals surface area contributed by atoms with E-state index in [0.717, 1.165) is 5.57 Å². The molecule has 43 heavy (non-hydrogen) atoms. The highest BCUT2D eigenvalue weighted by Crippen LogP contribution is 2.68. The van der Waals surface area contributed by atoms with E-state index in [2.05, 4.69) is 4.84 Å². The third kappa shape index (κ3) is 6.26. The van der Waals surface area contributed by atoms with E-state index in [0.29, 0.717) is 19.3 Å². The molecular weight excluding hydrogens is 570 g/mol. The number of ketones is 2. The van der Waals surface area contributed by atoms with Crippen LogP contribution >= 0.6 is 0 Å². The third-order valence-electron chi connectivity index (χ3n) is 9.78. The van der Waals surface area contributed by atoms with Crippen molar-refractivity contribution < 1.29 is 57.9 Å². The Morgan fingerprint density at radius 3 is 2.53 bits per heavy atom. The average Bonchev–Trinajstić information content (AvgIpc) is 3.23. The van der Waals surface area contributed by atoms with Gasteiger partial charge in [-0.3, -0.25) is 9.59 Å². The van der Waals surface area contributed by atoms with E-state index < -0.39 is 52.3 Å². The predicted octanol–water partition coefficient (Wildman–Crippen LogP) is 3.12. The number of carbonyl (C=O) groups is 4. The summed E-state index contributed by atoms with van der Waals surface area (Å²) in [6, 6.07) is 0. The molecule has 4 rings (SSSR count). The van der Waals surface area contributed by atoms with Crippen LogP contribution in [0.25, 0.3) is 0 Å². The van der Waals surface area contributed by atoms with Gasteiger partial charge >= 0.3 is 12.3 Å². The summed E-state index contributed by atoms with van der Waals surface area (Å²) >= 11 is 0. The number of hydrogen-bond acceptors (Lipinski definition) is 13. The molecule has 238 valence electrons. The first kappa shape index (κ1) is 32.4. The van der Waals surface area contributed by atoms with Crippen molar-refractivity contribution in [2.45, 2.75) is 64.6 Å². The summed E-state index contributed by atoms with van der Waals surface area (Å²) < 4.78 is 25.9. The summed E-state index contributed by atoms with van der Waals surface area (Å²) in [5.74, 6) is -1.03. The van der Waals surface area contributed by atoms with E-state index in [4.69, 9.17) is 23.7 Å². The monoisotopic (exact) mass is 609 g/mol. The molecule has 4 aliphatic rings. The van der Waals surface area contributed by atoms with E-state index in [9.17, 15) is 34.4 Å². The second kappa shape index (κ2) is 13.0. The molecule has 0 spiro atoms. The normalized spacial score (nSPS) is 34.1. The molecule has 3 fully saturated rings. The zero-order valence-corrected chi connectivity index (χ0v) is 24.6. The van der Waals surface area contributed by atoms with Gasteiger partial charge in [0.2, 0.25) is 5.78 Å². The maximum atomic E-state index is 13.9. The Bertz CT molecular complexity index is 1180. The number of Topliss-reactive ketones (excluding diaryl/α,β-unsaturated/α-hetero) is 1. The zero-order chi connectivity index (χ0) is 31.4. The molecule has 4 aliphatic carbocycles. The standard InChI is InChI=1S/C29H39NO13/c1-4-39-26(35)43-29(23(33)17-41-25(34)40-13-11-38-12-14-42-30(36)37)10-8-21-20-6-5-18-15-19(31)7-9-27(18,2)24(20)22(32)16-28(21,29)3/h7,9,15,20-22,24,32H,4-6,8,10-14,16-17H2,1-3H3/t20?,21?,22-,24?,27?,28-,29-/m0/s1. The maximum absolute atomic E-state index is 13.9. The van der Waals surface area contributed by atoms with Crippen LogP contribution in [0.5, 0.6) is 0 Å². The van der Waals surface area contributed by atoms with Gasteiger partial charge in [-0.15, -0.1) is 10.1 Å². The minimum atomic E-state index is -1.72. The molecule has 0 aromatic rings. The molecule has 0 bridgehead atoms. The van der Waals surface area contributed by atoms with Gasteiger partial charge < -0.3 is 33.6 Å². The second-order valence-corrected chi connectivity index (χ2v) is 11.8. The van der Waals surface area contributed by atoms with Gasteiger partial charge in [0.1, 0.15) is 13.2 Å². The van der Waals surface area contributed by atoms with E-state index in [1.54, 1.807) is 19.1 Å². The van der Waals surface area contributed by atoms with Gasteiger partial charge in [0, 0.05) is 16.7 Å². The van der Waals surface area contributed by atoms with E-state index in [-0.39, 0.29) is 69.4 Å². The van der Waals surface area contributed by atoms with Crippen molar-refractivity contribution in [2.75, 3.05) is 39.6 Å². The minimum Gasteiger partial charge on any atom is -0.435 e. The summed E-state index contributed by atoms with van der Waals surface area (Å²) in [4.78, 5) is 65.1. The largest absolute Gasteiger partial charge is 0.509 e. The van der Waals surface area contributed by atoms with Gasteiger partial charge in [-0.2, -0.15) is 0 Å². The Labute approximate surface area is 248 Å². The fourth-order valence-electron chi connectivity index (χ4n) is 8.03. The highest BCUT2D eigenvalue weighted by atomic mass is 17.0. The molecule has 7 atom stereocenters. The van der Waals surface area contributed by atoms with Gasteiger partial charge in [-0.1, -0.05) is 25.5 Å². The molecule has 0 amide bonds. The lowest BCUT2D eigenvalue weighted by molar-refractivity contribution is -0.758. The molecule has 0 aromatic carbocycles. The van der Waals surface area contributed by atoms with Crippen molar-refractivity contribution in [2.24, 2.45) is 28.6 Å². The van der Waals surface area contributed by atoms with Crippen molar-refractivity contribution in [3.63, 3.8) is 0 Å². The Kier molecular flexibility index (Phi) is 9.79. The highest BCUT2D eigenvalue weighted by molar-refractivity contribution is 6.01. The lowest BCUT2D eigenvalue weighted by Crippen LogP contribution is -2.63. The molecule has 0 heterocycles. The van der Waals surface area contributed by atoms with E-state index in [1.807, 2.05) is 19.9 Å². The lowest BCUT2D eigenvalue weighted by Gasteiger charge is -2.59. The quantitative estimate of drug-likeness (QED) is 0.147. The molecule has 0 radical (unpaired) electrons. The van der Waals surface area contributed by atoms with Crippen LogP contribution in [0.15, 0.2) is 23.8 Å². The van der Waals surface area contributed by atoms with Gasteiger partial charge in [-0.25, -0.2) is 9.59 Å². The molecular formula is C29H39NO13. The van der Waals surface area contributed by atoms with Gasteiger partial charge in [0.15, 0.2) is 18.0 Å². The van der Waals surface area contributed by atoms with E-state index >= 15 is 0 Å². The van der Waals surface area contributed by atoms with Crippen LogP contribution in [-0.4, -0.2) is 85.4 Å². The molecule has 14 nitrogen and oxygen atoms in total. The van der Waals surface area contributed by atoms with Gasteiger partial charge in [-0.05, 0) is 63.0 Å². The van der Waals surface area contributed by atoms with Crippen LogP contribution < -0.4 is 0 Å². The minimum absolute atomic E-state index is 0.0177. The van der Waals surface area contributed by atoms with Crippen LogP contribution in [-0.2, 0) is 38.1 Å². The summed E-state index contributed by atoms with van der Waals surface area (Å²) in [5.41, 5.74) is -2.22. The number of aliphatic hydroxyl groups excluding tert-OH is 1. The van der Waals surface area contributed by atoms with Crippen molar-refractivity contribution in [1.82, 2.24) is 0 Å². The van der Waals surface area contributed by atoms with E-state index in [1.165, 1.54) is 0 Å². The van der Waals surface area contributed by atoms with Gasteiger partial charge in [0.25, 0.3) is 5.09 Å². The molecule has 1 N–H and O–H groups in total. The molecule has 14 heteroatoms. The maximum Gasteiger partial charge on any atom is 0.509 e. The van der Waals surface area contributed by atoms with Crippen molar-refractivity contribution >= 4 is 23.9 Å². The number of nitrogens with zero attached hydrogens (tertiary/aromatic N) is 1.